The number of benzene rings is 1. The zero-order valence-electron chi connectivity index (χ0n) is 12.1. The van der Waals surface area contributed by atoms with E-state index in [1.165, 1.54) is 31.4 Å². The Morgan fingerprint density at radius 2 is 1.95 bits per heavy atom. The summed E-state index contributed by atoms with van der Waals surface area (Å²) in [5.41, 5.74) is 2.69. The fraction of sp³-hybridized carbons (Fsp3) is 0.625. The molecule has 1 fully saturated rings. The van der Waals surface area contributed by atoms with Crippen LogP contribution in [-0.4, -0.2) is 18.2 Å². The highest BCUT2D eigenvalue weighted by Crippen LogP contribution is 2.38. The lowest BCUT2D eigenvalue weighted by Gasteiger charge is -2.39. The predicted octanol–water partition coefficient (Wildman–Crippen LogP) is 4.35. The molecule has 0 spiro atoms. The van der Waals surface area contributed by atoms with Gasteiger partial charge in [-0.1, -0.05) is 35.8 Å². The first kappa shape index (κ1) is 14.9. The van der Waals surface area contributed by atoms with Gasteiger partial charge >= 0.3 is 0 Å². The fourth-order valence-corrected chi connectivity index (χ4v) is 3.36. The van der Waals surface area contributed by atoms with Crippen LogP contribution in [0.1, 0.15) is 45.1 Å². The largest absolute Gasteiger partial charge is 0.392 e. The first-order valence-corrected chi connectivity index (χ1v) is 7.84. The van der Waals surface area contributed by atoms with Crippen LogP contribution in [0, 0.1) is 5.41 Å². The molecule has 19 heavy (non-hydrogen) atoms. The Bertz CT molecular complexity index is 434. The number of nitrogens with zero attached hydrogens (tertiary/aromatic N) is 1. The molecule has 2 rings (SSSR count). The van der Waals surface area contributed by atoms with E-state index in [1.54, 1.807) is 0 Å². The van der Waals surface area contributed by atoms with E-state index in [-0.39, 0.29) is 6.61 Å². The van der Waals surface area contributed by atoms with Crippen LogP contribution in [0.25, 0.3) is 0 Å². The van der Waals surface area contributed by atoms with E-state index in [2.05, 4.69) is 53.9 Å². The molecule has 0 heterocycles. The van der Waals surface area contributed by atoms with Crippen molar-refractivity contribution < 1.29 is 5.11 Å². The SMILES string of the molecule is CN(c1ccc(CO)c(Br)c1)C1CCC(C)(C)CC1. The highest BCUT2D eigenvalue weighted by molar-refractivity contribution is 9.10. The summed E-state index contributed by atoms with van der Waals surface area (Å²) in [5.74, 6) is 0. The molecule has 3 heteroatoms. The molecule has 0 atom stereocenters. The van der Waals surface area contributed by atoms with Crippen LogP contribution in [0.5, 0.6) is 0 Å². The molecule has 0 saturated heterocycles. The molecular weight excluding hydrogens is 302 g/mol. The fourth-order valence-electron chi connectivity index (χ4n) is 2.87. The van der Waals surface area contributed by atoms with Gasteiger partial charge in [0.2, 0.25) is 0 Å². The molecule has 0 unspecified atom stereocenters. The molecule has 0 amide bonds. The van der Waals surface area contributed by atoms with Gasteiger partial charge in [-0.3, -0.25) is 0 Å². The number of rotatable bonds is 3. The van der Waals surface area contributed by atoms with Crippen LogP contribution in [0.4, 0.5) is 5.69 Å². The minimum Gasteiger partial charge on any atom is -0.392 e. The Morgan fingerprint density at radius 3 is 2.47 bits per heavy atom. The van der Waals surface area contributed by atoms with Crippen LogP contribution in [0.2, 0.25) is 0 Å². The van der Waals surface area contributed by atoms with Crippen molar-refractivity contribution in [1.82, 2.24) is 0 Å². The van der Waals surface area contributed by atoms with E-state index < -0.39 is 0 Å². The Kier molecular flexibility index (Phi) is 4.57. The van der Waals surface area contributed by atoms with Crippen molar-refractivity contribution in [3.8, 4) is 0 Å². The summed E-state index contributed by atoms with van der Waals surface area (Å²) in [6.45, 7) is 4.83. The van der Waals surface area contributed by atoms with E-state index in [9.17, 15) is 5.11 Å². The first-order chi connectivity index (χ1) is 8.93. The molecule has 106 valence electrons. The van der Waals surface area contributed by atoms with Gasteiger partial charge in [0.15, 0.2) is 0 Å². The average Bonchev–Trinajstić information content (AvgIpc) is 2.38. The van der Waals surface area contributed by atoms with Gasteiger partial charge < -0.3 is 10.0 Å². The van der Waals surface area contributed by atoms with Gasteiger partial charge in [0.25, 0.3) is 0 Å². The number of aliphatic hydroxyl groups excluding tert-OH is 1. The lowest BCUT2D eigenvalue weighted by Crippen LogP contribution is -2.37. The lowest BCUT2D eigenvalue weighted by atomic mass is 9.75. The summed E-state index contributed by atoms with van der Waals surface area (Å²) >= 11 is 3.53. The maximum atomic E-state index is 9.21. The molecule has 2 nitrogen and oxygen atoms in total. The second kappa shape index (κ2) is 5.84. The summed E-state index contributed by atoms with van der Waals surface area (Å²) in [7, 11) is 2.18. The van der Waals surface area contributed by atoms with Crippen molar-refractivity contribution in [3.05, 3.63) is 28.2 Å². The second-order valence-electron chi connectivity index (χ2n) is 6.44. The van der Waals surface area contributed by atoms with Crippen molar-refractivity contribution in [1.29, 1.82) is 0 Å². The number of anilines is 1. The minimum absolute atomic E-state index is 0.0855. The van der Waals surface area contributed by atoms with Crippen molar-refractivity contribution in [3.63, 3.8) is 0 Å². The predicted molar refractivity (Wildman–Crippen MR) is 84.5 cm³/mol. The molecule has 0 radical (unpaired) electrons. The van der Waals surface area contributed by atoms with E-state index >= 15 is 0 Å². The van der Waals surface area contributed by atoms with Crippen molar-refractivity contribution >= 4 is 21.6 Å². The molecular formula is C16H24BrNO. The highest BCUT2D eigenvalue weighted by atomic mass is 79.9. The Hall–Kier alpha value is -0.540. The third-order valence-electron chi connectivity index (χ3n) is 4.47. The minimum atomic E-state index is 0.0855. The zero-order chi connectivity index (χ0) is 14.0. The third kappa shape index (κ3) is 3.51. The van der Waals surface area contributed by atoms with E-state index in [0.29, 0.717) is 11.5 Å². The van der Waals surface area contributed by atoms with Gasteiger partial charge in [-0.2, -0.15) is 0 Å². The third-order valence-corrected chi connectivity index (χ3v) is 5.21. The smallest absolute Gasteiger partial charge is 0.0692 e. The number of hydrogen-bond acceptors (Lipinski definition) is 2. The zero-order valence-corrected chi connectivity index (χ0v) is 13.7. The van der Waals surface area contributed by atoms with Gasteiger partial charge in [0.05, 0.1) is 6.61 Å². The maximum absolute atomic E-state index is 9.21. The Labute approximate surface area is 124 Å². The van der Waals surface area contributed by atoms with Crippen molar-refractivity contribution in [2.24, 2.45) is 5.41 Å². The van der Waals surface area contributed by atoms with Gasteiger partial charge in [0, 0.05) is 23.2 Å². The standard InChI is InChI=1S/C16H24BrNO/c1-16(2)8-6-13(7-9-16)18(3)14-5-4-12(11-19)15(17)10-14/h4-5,10,13,19H,6-9,11H2,1-3H3. The first-order valence-electron chi connectivity index (χ1n) is 7.05. The van der Waals surface area contributed by atoms with Crippen LogP contribution in [-0.2, 0) is 6.61 Å². The molecule has 1 aromatic rings. The van der Waals surface area contributed by atoms with Gasteiger partial charge in [-0.15, -0.1) is 0 Å². The number of halogens is 1. The Balaban J connectivity index is 2.08. The maximum Gasteiger partial charge on any atom is 0.0692 e. The summed E-state index contributed by atoms with van der Waals surface area (Å²) in [4.78, 5) is 2.39. The van der Waals surface area contributed by atoms with Gasteiger partial charge in [0.1, 0.15) is 0 Å². The van der Waals surface area contributed by atoms with Crippen LogP contribution < -0.4 is 4.90 Å². The summed E-state index contributed by atoms with van der Waals surface area (Å²) < 4.78 is 0.996. The average molecular weight is 326 g/mol. The van der Waals surface area contributed by atoms with Crippen molar-refractivity contribution in [2.45, 2.75) is 52.2 Å². The normalized spacial score (nSPS) is 19.4. The highest BCUT2D eigenvalue weighted by Gasteiger charge is 2.28. The van der Waals surface area contributed by atoms with E-state index in [1.807, 2.05) is 6.07 Å². The molecule has 1 aliphatic carbocycles. The molecule has 0 bridgehead atoms. The molecule has 1 saturated carbocycles. The summed E-state index contributed by atoms with van der Waals surface area (Å²) in [6.07, 6.45) is 5.14. The van der Waals surface area contributed by atoms with Crippen LogP contribution >= 0.6 is 15.9 Å². The van der Waals surface area contributed by atoms with Crippen LogP contribution in [0.3, 0.4) is 0 Å². The molecule has 1 aliphatic rings. The van der Waals surface area contributed by atoms with E-state index in [4.69, 9.17) is 0 Å². The monoisotopic (exact) mass is 325 g/mol. The lowest BCUT2D eigenvalue weighted by molar-refractivity contribution is 0.222. The summed E-state index contributed by atoms with van der Waals surface area (Å²) in [6, 6.07) is 6.87. The molecule has 1 aromatic carbocycles. The van der Waals surface area contributed by atoms with Gasteiger partial charge in [-0.05, 0) is 48.8 Å². The van der Waals surface area contributed by atoms with Gasteiger partial charge in [-0.25, -0.2) is 0 Å². The summed E-state index contributed by atoms with van der Waals surface area (Å²) in [5, 5.41) is 9.21. The Morgan fingerprint density at radius 1 is 1.32 bits per heavy atom. The van der Waals surface area contributed by atoms with Crippen molar-refractivity contribution in [2.75, 3.05) is 11.9 Å². The topological polar surface area (TPSA) is 23.5 Å². The number of hydrogen-bond donors (Lipinski definition) is 1. The van der Waals surface area contributed by atoms with Crippen LogP contribution in [0.15, 0.2) is 22.7 Å². The quantitative estimate of drug-likeness (QED) is 0.893. The second-order valence-corrected chi connectivity index (χ2v) is 7.29. The number of aliphatic hydroxyl groups is 1. The molecule has 1 N–H and O–H groups in total. The van der Waals surface area contributed by atoms with E-state index in [0.717, 1.165) is 10.0 Å². The molecule has 0 aromatic heterocycles. The molecule has 0 aliphatic heterocycles.